The van der Waals surface area contributed by atoms with Crippen molar-refractivity contribution in [2.24, 2.45) is 5.92 Å². The highest BCUT2D eigenvalue weighted by atomic mass is 32.1. The summed E-state index contributed by atoms with van der Waals surface area (Å²) in [6.07, 6.45) is 0.962. The molecule has 3 aromatic carbocycles. The van der Waals surface area contributed by atoms with Crippen LogP contribution in [0.15, 0.2) is 60.7 Å². The van der Waals surface area contributed by atoms with Gasteiger partial charge >= 0.3 is 5.97 Å². The number of aryl methyl sites for hydroxylation is 3. The average molecular weight is 517 g/mol. The Labute approximate surface area is 221 Å². The molecule has 0 saturated heterocycles. The maximum Gasteiger partial charge on any atom is 0.303 e. The first kappa shape index (κ1) is 26.4. The third-order valence-electron chi connectivity index (χ3n) is 6.07. The number of carboxylic acid groups (broad SMARTS) is 1. The second-order valence-corrected chi connectivity index (χ2v) is 10.8. The minimum atomic E-state index is -0.908. The average Bonchev–Trinajstić information content (AvgIpc) is 3.24. The summed E-state index contributed by atoms with van der Waals surface area (Å²) in [5, 5.41) is 12.9. The third kappa shape index (κ3) is 6.95. The fourth-order valence-electron chi connectivity index (χ4n) is 4.48. The Morgan fingerprint density at radius 1 is 1.03 bits per heavy atom. The van der Waals surface area contributed by atoms with E-state index in [1.807, 2.05) is 24.3 Å². The summed E-state index contributed by atoms with van der Waals surface area (Å²) >= 11 is 1.43. The quantitative estimate of drug-likeness (QED) is 0.232. The number of amides is 1. The number of rotatable bonds is 10. The number of aliphatic carboxylic acids is 1. The Morgan fingerprint density at radius 3 is 2.43 bits per heavy atom. The molecule has 1 aromatic heterocycles. The van der Waals surface area contributed by atoms with E-state index in [1.54, 1.807) is 18.2 Å². The Balaban J connectivity index is 1.65. The van der Waals surface area contributed by atoms with Crippen LogP contribution in [-0.2, 0) is 11.2 Å². The van der Waals surface area contributed by atoms with Crippen molar-refractivity contribution in [2.45, 2.75) is 53.0 Å². The first-order chi connectivity index (χ1) is 17.7. The van der Waals surface area contributed by atoms with Crippen molar-refractivity contribution in [3.05, 3.63) is 88.5 Å². The van der Waals surface area contributed by atoms with E-state index in [2.05, 4.69) is 56.2 Å². The summed E-state index contributed by atoms with van der Waals surface area (Å²) in [7, 11) is 0. The molecule has 4 aromatic rings. The van der Waals surface area contributed by atoms with Crippen LogP contribution in [-0.4, -0.2) is 22.0 Å². The van der Waals surface area contributed by atoms with Gasteiger partial charge in [-0.15, -0.1) is 0 Å². The molecule has 1 atom stereocenters. The molecule has 37 heavy (non-hydrogen) atoms. The van der Waals surface area contributed by atoms with Crippen molar-refractivity contribution in [2.75, 3.05) is 0 Å². The van der Waals surface area contributed by atoms with Crippen LogP contribution in [0.3, 0.4) is 0 Å². The predicted octanol–water partition coefficient (Wildman–Crippen LogP) is 7.24. The van der Waals surface area contributed by atoms with E-state index < -0.39 is 5.97 Å². The van der Waals surface area contributed by atoms with Gasteiger partial charge in [0.15, 0.2) is 0 Å². The van der Waals surface area contributed by atoms with E-state index in [-0.39, 0.29) is 24.8 Å². The number of carboxylic acids is 1. The number of ether oxygens (including phenoxy) is 1. The van der Waals surface area contributed by atoms with E-state index in [9.17, 15) is 14.7 Å². The van der Waals surface area contributed by atoms with Crippen molar-refractivity contribution in [1.29, 1.82) is 0 Å². The molecule has 6 nitrogen and oxygen atoms in total. The second kappa shape index (κ2) is 11.6. The zero-order valence-corrected chi connectivity index (χ0v) is 22.4. The molecule has 0 aliphatic rings. The van der Waals surface area contributed by atoms with Crippen molar-refractivity contribution in [3.8, 4) is 10.9 Å². The normalized spacial score (nSPS) is 12.0. The van der Waals surface area contributed by atoms with Crippen molar-refractivity contribution in [1.82, 2.24) is 10.3 Å². The maximum absolute atomic E-state index is 13.7. The Morgan fingerprint density at radius 2 is 1.76 bits per heavy atom. The molecule has 4 rings (SSSR count). The van der Waals surface area contributed by atoms with Gasteiger partial charge in [0.2, 0.25) is 0 Å². The third-order valence-corrected chi connectivity index (χ3v) is 6.99. The van der Waals surface area contributed by atoms with Crippen LogP contribution in [0, 0.1) is 19.8 Å². The Bertz CT molecular complexity index is 1370. The summed E-state index contributed by atoms with van der Waals surface area (Å²) in [4.78, 5) is 29.4. The van der Waals surface area contributed by atoms with Gasteiger partial charge < -0.3 is 15.2 Å². The van der Waals surface area contributed by atoms with Gasteiger partial charge in [0.05, 0.1) is 16.3 Å². The number of carbonyl (C=O) groups is 2. The lowest BCUT2D eigenvalue weighted by Gasteiger charge is -2.23. The molecule has 0 aliphatic heterocycles. The van der Waals surface area contributed by atoms with Crippen LogP contribution in [0.4, 0.5) is 0 Å². The van der Waals surface area contributed by atoms with E-state index in [1.165, 1.54) is 11.3 Å². The summed E-state index contributed by atoms with van der Waals surface area (Å²) in [6.45, 7) is 8.37. The highest BCUT2D eigenvalue weighted by molar-refractivity contribution is 7.20. The highest BCUT2D eigenvalue weighted by Gasteiger charge is 2.21. The molecule has 7 heteroatoms. The monoisotopic (exact) mass is 516 g/mol. The van der Waals surface area contributed by atoms with E-state index in [0.29, 0.717) is 28.0 Å². The summed E-state index contributed by atoms with van der Waals surface area (Å²) < 4.78 is 7.04. The molecule has 192 valence electrons. The van der Waals surface area contributed by atoms with Crippen LogP contribution in [0.1, 0.15) is 65.3 Å². The fraction of sp³-hybridized carbons (Fsp3) is 0.300. The van der Waals surface area contributed by atoms with Gasteiger partial charge in [0.25, 0.3) is 11.1 Å². The number of hydrogen-bond acceptors (Lipinski definition) is 5. The standard InChI is InChI=1S/C30H32N2O4S/c1-18(2)13-26(22-15-19(3)14-20(4)16-22)31-29(35)24-17-23(11-9-21(24)10-12-28(33)34)36-30-32-25-7-5-6-8-27(25)37-30/h5-9,11,14-18,26H,10,12-13H2,1-4H3,(H,31,35)(H,33,34)/t26-/m1/s1. The van der Waals surface area contributed by atoms with Gasteiger partial charge in [-0.25, -0.2) is 4.98 Å². The van der Waals surface area contributed by atoms with Gasteiger partial charge in [-0.2, -0.15) is 0 Å². The van der Waals surface area contributed by atoms with Gasteiger partial charge in [-0.3, -0.25) is 9.59 Å². The molecule has 1 heterocycles. The van der Waals surface area contributed by atoms with Gasteiger partial charge in [-0.1, -0.05) is 72.7 Å². The van der Waals surface area contributed by atoms with Crippen LogP contribution < -0.4 is 10.1 Å². The molecule has 0 bridgehead atoms. The lowest BCUT2D eigenvalue weighted by Crippen LogP contribution is -2.30. The topological polar surface area (TPSA) is 88.5 Å². The zero-order valence-electron chi connectivity index (χ0n) is 21.6. The summed E-state index contributed by atoms with van der Waals surface area (Å²) in [5.74, 6) is -0.310. The zero-order chi connectivity index (χ0) is 26.5. The number of thiazole rings is 1. The number of aromatic nitrogens is 1. The van der Waals surface area contributed by atoms with E-state index in [0.717, 1.165) is 33.3 Å². The smallest absolute Gasteiger partial charge is 0.303 e. The Hall–Kier alpha value is -3.71. The highest BCUT2D eigenvalue weighted by Crippen LogP contribution is 2.32. The number of fused-ring (bicyclic) bond motifs is 1. The molecule has 0 aliphatic carbocycles. The molecule has 2 N–H and O–H groups in total. The van der Waals surface area contributed by atoms with Gasteiger partial charge in [0, 0.05) is 12.0 Å². The first-order valence-corrected chi connectivity index (χ1v) is 13.3. The van der Waals surface area contributed by atoms with Crippen molar-refractivity contribution in [3.63, 3.8) is 0 Å². The SMILES string of the molecule is Cc1cc(C)cc([C@@H](CC(C)C)NC(=O)c2cc(Oc3nc4ccccc4s3)ccc2CCC(=O)O)c1. The largest absolute Gasteiger partial charge is 0.481 e. The van der Waals surface area contributed by atoms with Gasteiger partial charge in [0.1, 0.15) is 5.75 Å². The van der Waals surface area contributed by atoms with E-state index >= 15 is 0 Å². The lowest BCUT2D eigenvalue weighted by molar-refractivity contribution is -0.136. The predicted molar refractivity (Wildman–Crippen MR) is 148 cm³/mol. The number of para-hydroxylation sites is 1. The molecule has 1 amide bonds. The van der Waals surface area contributed by atoms with E-state index in [4.69, 9.17) is 4.74 Å². The minimum Gasteiger partial charge on any atom is -0.481 e. The van der Waals surface area contributed by atoms with Crippen LogP contribution in [0.2, 0.25) is 0 Å². The fourth-order valence-corrected chi connectivity index (χ4v) is 5.32. The maximum atomic E-state index is 13.7. The number of nitrogens with zero attached hydrogens (tertiary/aromatic N) is 1. The van der Waals surface area contributed by atoms with Gasteiger partial charge in [-0.05, 0) is 68.0 Å². The Kier molecular flexibility index (Phi) is 8.24. The summed E-state index contributed by atoms with van der Waals surface area (Å²) in [6, 6.07) is 19.2. The molecular weight excluding hydrogens is 484 g/mol. The summed E-state index contributed by atoms with van der Waals surface area (Å²) in [5.41, 5.74) is 5.29. The van der Waals surface area contributed by atoms with Crippen LogP contribution >= 0.6 is 11.3 Å². The number of benzene rings is 3. The number of nitrogens with one attached hydrogen (secondary N) is 1. The molecule has 0 saturated carbocycles. The minimum absolute atomic E-state index is 0.0646. The van der Waals surface area contributed by atoms with Crippen LogP contribution in [0.5, 0.6) is 10.9 Å². The molecule has 0 unspecified atom stereocenters. The number of hydrogen-bond donors (Lipinski definition) is 2. The second-order valence-electron chi connectivity index (χ2n) is 9.84. The van der Waals surface area contributed by atoms with Crippen molar-refractivity contribution >= 4 is 33.4 Å². The first-order valence-electron chi connectivity index (χ1n) is 12.4. The molecule has 0 spiro atoms. The van der Waals surface area contributed by atoms with Crippen molar-refractivity contribution < 1.29 is 19.4 Å². The lowest BCUT2D eigenvalue weighted by atomic mass is 9.93. The molecule has 0 fully saturated rings. The molecule has 0 radical (unpaired) electrons. The number of carbonyl (C=O) groups excluding carboxylic acids is 1. The van der Waals surface area contributed by atoms with Crippen LogP contribution in [0.25, 0.3) is 10.2 Å². The molecular formula is C30H32N2O4S.